The van der Waals surface area contributed by atoms with Gasteiger partial charge in [0.15, 0.2) is 5.16 Å². The largest absolute Gasteiger partial charge is 0.481 e. The second-order valence-electron chi connectivity index (χ2n) is 5.11. The Bertz CT molecular complexity index is 954. The highest BCUT2D eigenvalue weighted by molar-refractivity contribution is 7.99. The van der Waals surface area contributed by atoms with Gasteiger partial charge in [0.1, 0.15) is 0 Å². The molecule has 3 aromatic rings. The number of carboxylic acids is 1. The summed E-state index contributed by atoms with van der Waals surface area (Å²) in [5.74, 6) is -1.12. The lowest BCUT2D eigenvalue weighted by molar-refractivity contribution is -0.133. The predicted octanol–water partition coefficient (Wildman–Crippen LogP) is 3.27. The van der Waals surface area contributed by atoms with E-state index in [0.717, 1.165) is 17.3 Å². The van der Waals surface area contributed by atoms with Crippen molar-refractivity contribution >= 4 is 40.2 Å². The Morgan fingerprint density at radius 1 is 1.17 bits per heavy atom. The van der Waals surface area contributed by atoms with Crippen molar-refractivity contribution in [3.63, 3.8) is 0 Å². The smallest absolute Gasteiger partial charge is 0.313 e. The molecule has 5 nitrogen and oxygen atoms in total. The molecule has 0 radical (unpaired) electrons. The van der Waals surface area contributed by atoms with Crippen molar-refractivity contribution in [3.8, 4) is 0 Å². The van der Waals surface area contributed by atoms with Gasteiger partial charge < -0.3 is 5.11 Å². The van der Waals surface area contributed by atoms with E-state index in [9.17, 15) is 9.59 Å². The second kappa shape index (κ2) is 7.07. The van der Waals surface area contributed by atoms with Gasteiger partial charge in [0.25, 0.3) is 5.56 Å². The molecule has 1 heterocycles. The summed E-state index contributed by atoms with van der Waals surface area (Å²) in [5, 5.41) is 10.4. The molecule has 0 aliphatic rings. The first kappa shape index (κ1) is 16.5. The summed E-state index contributed by atoms with van der Waals surface area (Å²) in [4.78, 5) is 28.1. The van der Waals surface area contributed by atoms with E-state index in [0.29, 0.717) is 27.6 Å². The molecule has 0 amide bonds. The van der Waals surface area contributed by atoms with E-state index in [1.54, 1.807) is 36.4 Å². The third-order valence-electron chi connectivity index (χ3n) is 3.41. The van der Waals surface area contributed by atoms with Gasteiger partial charge in [-0.3, -0.25) is 14.2 Å². The highest BCUT2D eigenvalue weighted by Crippen LogP contribution is 2.19. The monoisotopic (exact) mass is 360 g/mol. The number of hydrogen-bond acceptors (Lipinski definition) is 4. The van der Waals surface area contributed by atoms with Crippen LogP contribution in [0.25, 0.3) is 10.9 Å². The topological polar surface area (TPSA) is 72.2 Å². The van der Waals surface area contributed by atoms with Gasteiger partial charge in [-0.15, -0.1) is 0 Å². The lowest BCUT2D eigenvalue weighted by Crippen LogP contribution is -2.24. The minimum absolute atomic E-state index is 0.161. The number of benzene rings is 2. The van der Waals surface area contributed by atoms with Crippen LogP contribution in [0.2, 0.25) is 5.02 Å². The van der Waals surface area contributed by atoms with Crippen molar-refractivity contribution < 1.29 is 9.90 Å². The summed E-state index contributed by atoms with van der Waals surface area (Å²) >= 11 is 6.92. The molecular weight excluding hydrogens is 348 g/mol. The molecular formula is C17H13ClN2O3S. The van der Waals surface area contributed by atoms with Gasteiger partial charge in [0.2, 0.25) is 0 Å². The molecule has 0 bridgehead atoms. The predicted molar refractivity (Wildman–Crippen MR) is 94.9 cm³/mol. The Morgan fingerprint density at radius 2 is 1.88 bits per heavy atom. The average molecular weight is 361 g/mol. The molecule has 0 unspecified atom stereocenters. The van der Waals surface area contributed by atoms with E-state index in [4.69, 9.17) is 16.7 Å². The van der Waals surface area contributed by atoms with Crippen LogP contribution in [0, 0.1) is 0 Å². The van der Waals surface area contributed by atoms with Crippen LogP contribution in [0.3, 0.4) is 0 Å². The molecule has 24 heavy (non-hydrogen) atoms. The van der Waals surface area contributed by atoms with Gasteiger partial charge in [-0.25, -0.2) is 4.98 Å². The molecule has 0 atom stereocenters. The van der Waals surface area contributed by atoms with Gasteiger partial charge in [0.05, 0.1) is 23.2 Å². The van der Waals surface area contributed by atoms with Gasteiger partial charge in [-0.05, 0) is 29.8 Å². The lowest BCUT2D eigenvalue weighted by Gasteiger charge is -2.12. The first-order valence-corrected chi connectivity index (χ1v) is 8.49. The Morgan fingerprint density at radius 3 is 2.58 bits per heavy atom. The summed E-state index contributed by atoms with van der Waals surface area (Å²) in [6, 6.07) is 14.2. The van der Waals surface area contributed by atoms with E-state index in [1.165, 1.54) is 4.57 Å². The molecule has 0 saturated heterocycles. The number of hydrogen-bond donors (Lipinski definition) is 1. The zero-order valence-corrected chi connectivity index (χ0v) is 14.0. The van der Waals surface area contributed by atoms with E-state index < -0.39 is 5.97 Å². The molecule has 0 aliphatic carbocycles. The second-order valence-corrected chi connectivity index (χ2v) is 6.49. The van der Waals surface area contributed by atoms with Crippen molar-refractivity contribution in [2.45, 2.75) is 11.7 Å². The molecule has 0 fully saturated rings. The first-order valence-electron chi connectivity index (χ1n) is 7.13. The van der Waals surface area contributed by atoms with Crippen LogP contribution >= 0.6 is 23.4 Å². The minimum atomic E-state index is -0.958. The van der Waals surface area contributed by atoms with Crippen LogP contribution in [0.5, 0.6) is 0 Å². The summed E-state index contributed by atoms with van der Waals surface area (Å²) in [6.45, 7) is 0.301. The van der Waals surface area contributed by atoms with Crippen molar-refractivity contribution in [2.24, 2.45) is 0 Å². The Balaban J connectivity index is 2.09. The molecule has 0 spiro atoms. The third-order valence-corrected chi connectivity index (χ3v) is 4.62. The molecule has 1 aromatic heterocycles. The van der Waals surface area contributed by atoms with Crippen LogP contribution in [0.15, 0.2) is 58.5 Å². The Labute approximate surface area is 146 Å². The van der Waals surface area contributed by atoms with Crippen LogP contribution in [-0.2, 0) is 11.3 Å². The number of aromatic nitrogens is 2. The standard InChI is InChI=1S/C17H13ClN2O3S/c18-12-7-5-11(6-8-12)9-20-16(23)13-3-1-2-4-14(13)19-17(20)24-10-15(21)22/h1-8H,9-10H2,(H,21,22). The number of nitrogens with zero attached hydrogens (tertiary/aromatic N) is 2. The van der Waals surface area contributed by atoms with Gasteiger partial charge >= 0.3 is 5.97 Å². The first-order chi connectivity index (χ1) is 11.5. The van der Waals surface area contributed by atoms with Crippen LogP contribution < -0.4 is 5.56 Å². The number of carbonyl (C=O) groups is 1. The molecule has 3 rings (SSSR count). The maximum atomic E-state index is 12.8. The van der Waals surface area contributed by atoms with Crippen LogP contribution in [0.1, 0.15) is 5.56 Å². The van der Waals surface area contributed by atoms with Crippen molar-refractivity contribution in [2.75, 3.05) is 5.75 Å². The van der Waals surface area contributed by atoms with Crippen LogP contribution in [0.4, 0.5) is 0 Å². The molecule has 2 aromatic carbocycles. The van der Waals surface area contributed by atoms with E-state index in [2.05, 4.69) is 4.98 Å². The zero-order chi connectivity index (χ0) is 17.1. The highest BCUT2D eigenvalue weighted by atomic mass is 35.5. The fraction of sp³-hybridized carbons (Fsp3) is 0.118. The molecule has 0 aliphatic heterocycles. The van der Waals surface area contributed by atoms with Gasteiger partial charge in [0, 0.05) is 5.02 Å². The number of thioether (sulfide) groups is 1. The molecule has 122 valence electrons. The van der Waals surface area contributed by atoms with E-state index >= 15 is 0 Å². The van der Waals surface area contributed by atoms with Crippen LogP contribution in [-0.4, -0.2) is 26.4 Å². The Kier molecular flexibility index (Phi) is 4.87. The quantitative estimate of drug-likeness (QED) is 0.558. The van der Waals surface area contributed by atoms with Crippen molar-refractivity contribution in [1.29, 1.82) is 0 Å². The summed E-state index contributed by atoms with van der Waals surface area (Å²) in [5.41, 5.74) is 1.25. The van der Waals surface area contributed by atoms with Crippen molar-refractivity contribution in [1.82, 2.24) is 9.55 Å². The van der Waals surface area contributed by atoms with Gasteiger partial charge in [-0.1, -0.05) is 47.6 Å². The molecule has 7 heteroatoms. The SMILES string of the molecule is O=C(O)CSc1nc2ccccc2c(=O)n1Cc1ccc(Cl)cc1. The number of halogens is 1. The molecule has 1 N–H and O–H groups in total. The maximum Gasteiger partial charge on any atom is 0.313 e. The number of para-hydroxylation sites is 1. The van der Waals surface area contributed by atoms with E-state index in [-0.39, 0.29) is 11.3 Å². The highest BCUT2D eigenvalue weighted by Gasteiger charge is 2.13. The minimum Gasteiger partial charge on any atom is -0.481 e. The van der Waals surface area contributed by atoms with E-state index in [1.807, 2.05) is 12.1 Å². The number of rotatable bonds is 5. The summed E-state index contributed by atoms with van der Waals surface area (Å²) in [7, 11) is 0. The fourth-order valence-electron chi connectivity index (χ4n) is 2.30. The fourth-order valence-corrected chi connectivity index (χ4v) is 3.14. The number of fused-ring (bicyclic) bond motifs is 1. The molecule has 0 saturated carbocycles. The zero-order valence-electron chi connectivity index (χ0n) is 12.5. The summed E-state index contributed by atoms with van der Waals surface area (Å²) in [6.07, 6.45) is 0. The van der Waals surface area contributed by atoms with Crippen molar-refractivity contribution in [3.05, 3.63) is 69.5 Å². The summed E-state index contributed by atoms with van der Waals surface area (Å²) < 4.78 is 1.50. The average Bonchev–Trinajstić information content (AvgIpc) is 2.57. The maximum absolute atomic E-state index is 12.8. The normalized spacial score (nSPS) is 10.9. The lowest BCUT2D eigenvalue weighted by atomic mass is 10.2. The third kappa shape index (κ3) is 3.60. The Hall–Kier alpha value is -2.31. The number of aliphatic carboxylic acids is 1. The van der Waals surface area contributed by atoms with Gasteiger partial charge in [-0.2, -0.15) is 0 Å². The number of carboxylic acid groups (broad SMARTS) is 1.